The summed E-state index contributed by atoms with van der Waals surface area (Å²) >= 11 is 0. The largest absolute Gasteiger partial charge is 0.483 e. The van der Waals surface area contributed by atoms with E-state index < -0.39 is 23.1 Å². The summed E-state index contributed by atoms with van der Waals surface area (Å²) in [6.45, 7) is 0.929. The highest BCUT2D eigenvalue weighted by atomic mass is 19.1. The van der Waals surface area contributed by atoms with Gasteiger partial charge in [-0.3, -0.25) is 9.59 Å². The number of benzene rings is 2. The Bertz CT molecular complexity index is 898. The number of piperidine rings is 1. The van der Waals surface area contributed by atoms with Gasteiger partial charge in [0.15, 0.2) is 0 Å². The van der Waals surface area contributed by atoms with Crippen molar-refractivity contribution in [1.29, 1.82) is 0 Å². The molecule has 5 nitrogen and oxygen atoms in total. The summed E-state index contributed by atoms with van der Waals surface area (Å²) in [7, 11) is 0. The number of carbonyl (C=O) groups is 2. The summed E-state index contributed by atoms with van der Waals surface area (Å²) in [5.74, 6) is -1.80. The van der Waals surface area contributed by atoms with Crippen LogP contribution >= 0.6 is 0 Å². The SMILES string of the molecule is O=C1NCC2(CCCN(C(=O)c3cc(F)cc(F)c3)C2)Oc2ccccc21. The van der Waals surface area contributed by atoms with Gasteiger partial charge in [-0.1, -0.05) is 12.1 Å². The lowest BCUT2D eigenvalue weighted by Crippen LogP contribution is -2.57. The zero-order valence-electron chi connectivity index (χ0n) is 14.5. The van der Waals surface area contributed by atoms with Crippen molar-refractivity contribution in [3.05, 3.63) is 65.2 Å². The summed E-state index contributed by atoms with van der Waals surface area (Å²) in [5, 5.41) is 2.86. The minimum Gasteiger partial charge on any atom is -0.483 e. The Morgan fingerprint density at radius 3 is 2.67 bits per heavy atom. The molecular weight excluding hydrogens is 354 g/mol. The van der Waals surface area contributed by atoms with Gasteiger partial charge in [0.05, 0.1) is 18.7 Å². The number of rotatable bonds is 1. The van der Waals surface area contributed by atoms with Crippen LogP contribution in [-0.4, -0.2) is 41.9 Å². The van der Waals surface area contributed by atoms with E-state index in [2.05, 4.69) is 5.32 Å². The molecule has 140 valence electrons. The van der Waals surface area contributed by atoms with Gasteiger partial charge in [0, 0.05) is 18.2 Å². The molecule has 0 aliphatic carbocycles. The van der Waals surface area contributed by atoms with Crippen molar-refractivity contribution in [3.8, 4) is 5.75 Å². The second-order valence-electron chi connectivity index (χ2n) is 6.95. The van der Waals surface area contributed by atoms with Crippen molar-refractivity contribution in [2.45, 2.75) is 18.4 Å². The highest BCUT2D eigenvalue weighted by molar-refractivity contribution is 5.97. The third kappa shape index (κ3) is 3.37. The molecule has 4 rings (SSSR count). The third-order valence-electron chi connectivity index (χ3n) is 4.97. The van der Waals surface area contributed by atoms with Gasteiger partial charge in [-0.15, -0.1) is 0 Å². The van der Waals surface area contributed by atoms with Gasteiger partial charge < -0.3 is 15.0 Å². The molecule has 2 heterocycles. The monoisotopic (exact) mass is 372 g/mol. The highest BCUT2D eigenvalue weighted by Crippen LogP contribution is 2.32. The summed E-state index contributed by atoms with van der Waals surface area (Å²) in [4.78, 5) is 26.6. The Hall–Kier alpha value is -2.96. The molecule has 2 aromatic rings. The molecule has 1 unspecified atom stereocenters. The third-order valence-corrected chi connectivity index (χ3v) is 4.97. The zero-order chi connectivity index (χ0) is 19.0. The van der Waals surface area contributed by atoms with Crippen molar-refractivity contribution >= 4 is 11.8 Å². The number of likely N-dealkylation sites (tertiary alicyclic amines) is 1. The molecular formula is C20H18F2N2O3. The topological polar surface area (TPSA) is 58.6 Å². The molecule has 1 spiro atoms. The number of halogens is 2. The first-order valence-corrected chi connectivity index (χ1v) is 8.77. The summed E-state index contributed by atoms with van der Waals surface area (Å²) in [6.07, 6.45) is 1.31. The van der Waals surface area contributed by atoms with Gasteiger partial charge in [-0.2, -0.15) is 0 Å². The molecule has 2 amide bonds. The second kappa shape index (κ2) is 6.64. The maximum absolute atomic E-state index is 13.5. The van der Waals surface area contributed by atoms with Crippen LogP contribution in [-0.2, 0) is 0 Å². The summed E-state index contributed by atoms with van der Waals surface area (Å²) in [6, 6.07) is 9.74. The van der Waals surface area contributed by atoms with Crippen LogP contribution in [0.3, 0.4) is 0 Å². The number of ether oxygens (including phenoxy) is 1. The predicted octanol–water partition coefficient (Wildman–Crippen LogP) is 2.76. The number of hydrogen-bond donors (Lipinski definition) is 1. The van der Waals surface area contributed by atoms with Crippen LogP contribution < -0.4 is 10.1 Å². The number of carbonyl (C=O) groups excluding carboxylic acids is 2. The Balaban J connectivity index is 1.61. The minimum absolute atomic E-state index is 0.0393. The number of amides is 2. The van der Waals surface area contributed by atoms with Gasteiger partial charge in [0.25, 0.3) is 11.8 Å². The molecule has 0 aromatic heterocycles. The zero-order valence-corrected chi connectivity index (χ0v) is 14.5. The molecule has 7 heteroatoms. The van der Waals surface area contributed by atoms with E-state index in [0.29, 0.717) is 30.7 Å². The van der Waals surface area contributed by atoms with Crippen molar-refractivity contribution in [3.63, 3.8) is 0 Å². The molecule has 1 fully saturated rings. The second-order valence-corrected chi connectivity index (χ2v) is 6.95. The van der Waals surface area contributed by atoms with Crippen molar-refractivity contribution in [2.24, 2.45) is 0 Å². The van der Waals surface area contributed by atoms with Crippen molar-refractivity contribution in [2.75, 3.05) is 19.6 Å². The van der Waals surface area contributed by atoms with E-state index in [0.717, 1.165) is 18.2 Å². The first kappa shape index (κ1) is 17.5. The van der Waals surface area contributed by atoms with Crippen molar-refractivity contribution < 1.29 is 23.1 Å². The molecule has 1 atom stereocenters. The van der Waals surface area contributed by atoms with E-state index in [9.17, 15) is 18.4 Å². The van der Waals surface area contributed by atoms with Gasteiger partial charge in [-0.25, -0.2) is 8.78 Å². The van der Waals surface area contributed by atoms with Crippen molar-refractivity contribution in [1.82, 2.24) is 10.2 Å². The summed E-state index contributed by atoms with van der Waals surface area (Å²) in [5.41, 5.74) is -0.366. The van der Waals surface area contributed by atoms with E-state index in [1.54, 1.807) is 24.3 Å². The maximum atomic E-state index is 13.5. The lowest BCUT2D eigenvalue weighted by molar-refractivity contribution is -0.000889. The van der Waals surface area contributed by atoms with Crippen LogP contribution in [0.1, 0.15) is 33.6 Å². The quantitative estimate of drug-likeness (QED) is 0.838. The Kier molecular flexibility index (Phi) is 4.30. The fourth-order valence-corrected chi connectivity index (χ4v) is 3.71. The van der Waals surface area contributed by atoms with E-state index in [1.165, 1.54) is 4.90 Å². The molecule has 2 aliphatic rings. The number of nitrogens with zero attached hydrogens (tertiary/aromatic N) is 1. The Labute approximate surface area is 154 Å². The van der Waals surface area contributed by atoms with Crippen LogP contribution in [0.4, 0.5) is 8.78 Å². The first-order chi connectivity index (χ1) is 13.0. The number of nitrogens with one attached hydrogen (secondary N) is 1. The average Bonchev–Trinajstić information content (AvgIpc) is 2.78. The molecule has 2 aromatic carbocycles. The van der Waals surface area contributed by atoms with Gasteiger partial charge >= 0.3 is 0 Å². The van der Waals surface area contributed by atoms with E-state index >= 15 is 0 Å². The fourth-order valence-electron chi connectivity index (χ4n) is 3.71. The number of hydrogen-bond acceptors (Lipinski definition) is 3. The molecule has 1 N–H and O–H groups in total. The summed E-state index contributed by atoms with van der Waals surface area (Å²) < 4.78 is 33.2. The van der Waals surface area contributed by atoms with Crippen LogP contribution in [0.5, 0.6) is 5.75 Å². The molecule has 0 radical (unpaired) electrons. The molecule has 1 saturated heterocycles. The molecule has 0 saturated carbocycles. The van der Waals surface area contributed by atoms with Gasteiger partial charge in [0.2, 0.25) is 0 Å². The smallest absolute Gasteiger partial charge is 0.255 e. The van der Waals surface area contributed by atoms with Crippen LogP contribution in [0, 0.1) is 11.6 Å². The normalized spacial score (nSPS) is 21.9. The first-order valence-electron chi connectivity index (χ1n) is 8.77. The number of para-hydroxylation sites is 1. The molecule has 2 aliphatic heterocycles. The Morgan fingerprint density at radius 1 is 1.15 bits per heavy atom. The van der Waals surface area contributed by atoms with Gasteiger partial charge in [0.1, 0.15) is 23.0 Å². The molecule has 27 heavy (non-hydrogen) atoms. The standard InChI is InChI=1S/C20H18F2N2O3/c21-14-8-13(9-15(22)10-14)19(26)24-7-3-6-20(12-24)11-23-18(25)16-4-1-2-5-17(16)27-20/h1-2,4-5,8-10H,3,6-7,11-12H2,(H,23,25). The van der Waals surface area contributed by atoms with Crippen LogP contribution in [0.25, 0.3) is 0 Å². The minimum atomic E-state index is -0.794. The Morgan fingerprint density at radius 2 is 1.89 bits per heavy atom. The lowest BCUT2D eigenvalue weighted by atomic mass is 9.91. The molecule has 0 bridgehead atoms. The average molecular weight is 372 g/mol. The van der Waals surface area contributed by atoms with E-state index in [-0.39, 0.29) is 24.6 Å². The maximum Gasteiger partial charge on any atom is 0.255 e. The van der Waals surface area contributed by atoms with E-state index in [1.807, 2.05) is 0 Å². The highest BCUT2D eigenvalue weighted by Gasteiger charge is 2.42. The lowest BCUT2D eigenvalue weighted by Gasteiger charge is -2.42. The van der Waals surface area contributed by atoms with Crippen LogP contribution in [0.15, 0.2) is 42.5 Å². The number of fused-ring (bicyclic) bond motifs is 1. The van der Waals surface area contributed by atoms with Crippen LogP contribution in [0.2, 0.25) is 0 Å². The fraction of sp³-hybridized carbons (Fsp3) is 0.300. The van der Waals surface area contributed by atoms with Gasteiger partial charge in [-0.05, 0) is 37.1 Å². The van der Waals surface area contributed by atoms with E-state index in [4.69, 9.17) is 4.74 Å². The predicted molar refractivity (Wildman–Crippen MR) is 93.6 cm³/mol.